The van der Waals surface area contributed by atoms with Crippen LogP contribution in [0, 0.1) is 0 Å². The standard InChI is InChI=1S/C30H32BrN3O4/c1-37-18-17-34(30(36)22-11-13-25(31)14-12-22)21-29(35)33(20-24-7-3-6-10-28(24)38-2)16-15-23-19-32-27-9-5-4-8-26(23)27/h3-14,19,32H,15-18,20-21H2,1-2H3. The number of amides is 2. The van der Waals surface area contributed by atoms with Crippen LogP contribution in [-0.4, -0.2) is 67.1 Å². The summed E-state index contributed by atoms with van der Waals surface area (Å²) in [5.74, 6) is 0.369. The van der Waals surface area contributed by atoms with Gasteiger partial charge in [0.05, 0.1) is 13.7 Å². The van der Waals surface area contributed by atoms with E-state index in [2.05, 4.69) is 27.0 Å². The zero-order valence-corrected chi connectivity index (χ0v) is 23.2. The molecule has 0 fully saturated rings. The van der Waals surface area contributed by atoms with E-state index in [1.807, 2.05) is 60.8 Å². The number of methoxy groups -OCH3 is 2. The van der Waals surface area contributed by atoms with Crippen molar-refractivity contribution < 1.29 is 19.1 Å². The lowest BCUT2D eigenvalue weighted by atomic mass is 10.1. The van der Waals surface area contributed by atoms with Gasteiger partial charge in [-0.05, 0) is 48.4 Å². The molecule has 0 radical (unpaired) electrons. The number of nitrogens with one attached hydrogen (secondary N) is 1. The van der Waals surface area contributed by atoms with Gasteiger partial charge in [-0.3, -0.25) is 9.59 Å². The van der Waals surface area contributed by atoms with E-state index in [4.69, 9.17) is 9.47 Å². The minimum absolute atomic E-state index is 0.0543. The first-order valence-electron chi connectivity index (χ1n) is 12.5. The summed E-state index contributed by atoms with van der Waals surface area (Å²) in [6, 6.07) is 23.0. The van der Waals surface area contributed by atoms with Crippen LogP contribution in [0.3, 0.4) is 0 Å². The molecule has 4 aromatic rings. The Hall–Kier alpha value is -3.62. The van der Waals surface area contributed by atoms with Crippen molar-refractivity contribution in [2.45, 2.75) is 13.0 Å². The van der Waals surface area contributed by atoms with Crippen LogP contribution in [0.4, 0.5) is 0 Å². The van der Waals surface area contributed by atoms with Gasteiger partial charge in [0, 0.05) is 59.4 Å². The van der Waals surface area contributed by atoms with Crippen LogP contribution in [0.15, 0.2) is 83.5 Å². The number of fused-ring (bicyclic) bond motifs is 1. The highest BCUT2D eigenvalue weighted by Crippen LogP contribution is 2.22. The summed E-state index contributed by atoms with van der Waals surface area (Å²) in [6.45, 7) is 1.44. The van der Waals surface area contributed by atoms with Gasteiger partial charge in [-0.15, -0.1) is 0 Å². The Morgan fingerprint density at radius 3 is 2.37 bits per heavy atom. The van der Waals surface area contributed by atoms with Gasteiger partial charge in [0.25, 0.3) is 5.91 Å². The number of halogens is 1. The molecule has 38 heavy (non-hydrogen) atoms. The van der Waals surface area contributed by atoms with Crippen LogP contribution in [0.2, 0.25) is 0 Å². The molecule has 198 valence electrons. The third-order valence-corrected chi connectivity index (χ3v) is 7.03. The van der Waals surface area contributed by atoms with Gasteiger partial charge in [0.2, 0.25) is 5.91 Å². The van der Waals surface area contributed by atoms with Crippen molar-refractivity contribution in [2.24, 2.45) is 0 Å². The molecule has 0 saturated heterocycles. The fourth-order valence-corrected chi connectivity index (χ4v) is 4.68. The smallest absolute Gasteiger partial charge is 0.254 e. The van der Waals surface area contributed by atoms with E-state index >= 15 is 0 Å². The Morgan fingerprint density at radius 1 is 0.868 bits per heavy atom. The van der Waals surface area contributed by atoms with Crippen LogP contribution >= 0.6 is 15.9 Å². The molecule has 0 aliphatic rings. The number of hydrogen-bond donors (Lipinski definition) is 1. The number of benzene rings is 3. The summed E-state index contributed by atoms with van der Waals surface area (Å²) in [6.07, 6.45) is 2.67. The zero-order valence-electron chi connectivity index (χ0n) is 21.7. The molecule has 0 saturated carbocycles. The van der Waals surface area contributed by atoms with Gasteiger partial charge in [-0.2, -0.15) is 0 Å². The first-order valence-corrected chi connectivity index (χ1v) is 13.3. The lowest BCUT2D eigenvalue weighted by molar-refractivity contribution is -0.132. The maximum Gasteiger partial charge on any atom is 0.254 e. The minimum Gasteiger partial charge on any atom is -0.496 e. The molecule has 2 amide bonds. The van der Waals surface area contributed by atoms with E-state index in [1.165, 1.54) is 0 Å². The van der Waals surface area contributed by atoms with Crippen molar-refractivity contribution in [1.29, 1.82) is 0 Å². The van der Waals surface area contributed by atoms with Gasteiger partial charge in [-0.1, -0.05) is 52.3 Å². The lowest BCUT2D eigenvalue weighted by Gasteiger charge is -2.28. The molecule has 0 atom stereocenters. The van der Waals surface area contributed by atoms with Crippen LogP contribution in [0.25, 0.3) is 10.9 Å². The van der Waals surface area contributed by atoms with Crippen LogP contribution < -0.4 is 4.74 Å². The topological polar surface area (TPSA) is 74.9 Å². The van der Waals surface area contributed by atoms with Crippen molar-refractivity contribution >= 4 is 38.6 Å². The predicted octanol–water partition coefficient (Wildman–Crippen LogP) is 5.30. The molecule has 0 unspecified atom stereocenters. The maximum atomic E-state index is 13.8. The second-order valence-corrected chi connectivity index (χ2v) is 9.88. The summed E-state index contributed by atoms with van der Waals surface area (Å²) in [5, 5.41) is 1.14. The fourth-order valence-electron chi connectivity index (χ4n) is 4.42. The van der Waals surface area contributed by atoms with E-state index in [9.17, 15) is 9.59 Å². The quantitative estimate of drug-likeness (QED) is 0.248. The van der Waals surface area contributed by atoms with E-state index in [0.29, 0.717) is 38.2 Å². The van der Waals surface area contributed by atoms with Gasteiger partial charge in [0.15, 0.2) is 0 Å². The number of carbonyl (C=O) groups excluding carboxylic acids is 2. The molecule has 1 heterocycles. The van der Waals surface area contributed by atoms with Gasteiger partial charge in [0.1, 0.15) is 12.3 Å². The highest BCUT2D eigenvalue weighted by molar-refractivity contribution is 9.10. The normalized spacial score (nSPS) is 10.9. The SMILES string of the molecule is COCCN(CC(=O)N(CCc1c[nH]c2ccccc12)Cc1ccccc1OC)C(=O)c1ccc(Br)cc1. The molecule has 4 rings (SSSR count). The predicted molar refractivity (Wildman–Crippen MR) is 152 cm³/mol. The summed E-state index contributed by atoms with van der Waals surface area (Å²) in [7, 11) is 3.21. The summed E-state index contributed by atoms with van der Waals surface area (Å²) < 4.78 is 11.7. The monoisotopic (exact) mass is 577 g/mol. The Balaban J connectivity index is 1.56. The molecule has 0 aliphatic carbocycles. The number of hydrogen-bond acceptors (Lipinski definition) is 4. The average Bonchev–Trinajstić information content (AvgIpc) is 3.36. The number of H-pyrrole nitrogens is 1. The second kappa shape index (κ2) is 13.3. The first kappa shape index (κ1) is 27.4. The Morgan fingerprint density at radius 2 is 1.61 bits per heavy atom. The van der Waals surface area contributed by atoms with Gasteiger partial charge < -0.3 is 24.3 Å². The number of nitrogens with zero attached hydrogens (tertiary/aromatic N) is 2. The van der Waals surface area contributed by atoms with Crippen molar-refractivity contribution in [1.82, 2.24) is 14.8 Å². The Labute approximate surface area is 231 Å². The molecular weight excluding hydrogens is 546 g/mol. The van der Waals surface area contributed by atoms with Crippen molar-refractivity contribution in [3.8, 4) is 5.75 Å². The lowest BCUT2D eigenvalue weighted by Crippen LogP contribution is -2.44. The van der Waals surface area contributed by atoms with Crippen molar-refractivity contribution in [2.75, 3.05) is 40.5 Å². The second-order valence-electron chi connectivity index (χ2n) is 8.96. The fraction of sp³-hybridized carbons (Fsp3) is 0.267. The number of para-hydroxylation sites is 2. The molecule has 7 nitrogen and oxygen atoms in total. The van der Waals surface area contributed by atoms with Crippen LogP contribution in [-0.2, 0) is 22.5 Å². The highest BCUT2D eigenvalue weighted by atomic mass is 79.9. The Bertz CT molecular complexity index is 1370. The largest absolute Gasteiger partial charge is 0.496 e. The van der Waals surface area contributed by atoms with Crippen molar-refractivity contribution in [3.05, 3.63) is 100 Å². The number of rotatable bonds is 12. The van der Waals surface area contributed by atoms with E-state index in [0.717, 1.165) is 32.3 Å². The number of ether oxygens (including phenoxy) is 2. The Kier molecular flexibility index (Phi) is 9.56. The van der Waals surface area contributed by atoms with Gasteiger partial charge in [-0.25, -0.2) is 0 Å². The molecular formula is C30H32BrN3O4. The molecule has 1 N–H and O–H groups in total. The van der Waals surface area contributed by atoms with E-state index < -0.39 is 0 Å². The summed E-state index contributed by atoms with van der Waals surface area (Å²) in [5.41, 5.74) is 3.63. The minimum atomic E-state index is -0.211. The summed E-state index contributed by atoms with van der Waals surface area (Å²) in [4.78, 5) is 33.8. The molecule has 8 heteroatoms. The molecule has 3 aromatic carbocycles. The third kappa shape index (κ3) is 6.82. The van der Waals surface area contributed by atoms with E-state index in [-0.39, 0.29) is 18.4 Å². The average molecular weight is 579 g/mol. The van der Waals surface area contributed by atoms with Crippen molar-refractivity contribution in [3.63, 3.8) is 0 Å². The van der Waals surface area contributed by atoms with Crippen LogP contribution in [0.1, 0.15) is 21.5 Å². The molecule has 0 aliphatic heterocycles. The number of aromatic amines is 1. The number of aromatic nitrogens is 1. The first-order chi connectivity index (χ1) is 18.5. The number of carbonyl (C=O) groups is 2. The maximum absolute atomic E-state index is 13.8. The zero-order chi connectivity index (χ0) is 26.9. The highest BCUT2D eigenvalue weighted by Gasteiger charge is 2.23. The summed E-state index contributed by atoms with van der Waals surface area (Å²) >= 11 is 3.41. The van der Waals surface area contributed by atoms with Gasteiger partial charge >= 0.3 is 0 Å². The van der Waals surface area contributed by atoms with Crippen LogP contribution in [0.5, 0.6) is 5.75 Å². The van der Waals surface area contributed by atoms with E-state index in [1.54, 1.807) is 36.2 Å². The molecule has 0 bridgehead atoms. The third-order valence-electron chi connectivity index (χ3n) is 6.50. The molecule has 0 spiro atoms. The molecule has 1 aromatic heterocycles.